The van der Waals surface area contributed by atoms with Crippen molar-refractivity contribution in [1.29, 1.82) is 5.26 Å². The maximum Gasteiger partial charge on any atom is 0.319 e. The molecular formula is C13H12BrN3O3. The van der Waals surface area contributed by atoms with Gasteiger partial charge in [0.2, 0.25) is 0 Å². The number of rotatable bonds is 4. The van der Waals surface area contributed by atoms with Gasteiger partial charge in [0.15, 0.2) is 0 Å². The van der Waals surface area contributed by atoms with Gasteiger partial charge in [0, 0.05) is 11.0 Å². The van der Waals surface area contributed by atoms with Gasteiger partial charge in [-0.25, -0.2) is 4.79 Å². The van der Waals surface area contributed by atoms with Crippen molar-refractivity contribution >= 4 is 33.6 Å². The van der Waals surface area contributed by atoms with Gasteiger partial charge in [0.1, 0.15) is 0 Å². The summed E-state index contributed by atoms with van der Waals surface area (Å²) in [6, 6.07) is 6.30. The summed E-state index contributed by atoms with van der Waals surface area (Å²) < 4.78 is 0.589. The molecule has 20 heavy (non-hydrogen) atoms. The van der Waals surface area contributed by atoms with Crippen LogP contribution in [0.2, 0.25) is 0 Å². The van der Waals surface area contributed by atoms with Gasteiger partial charge in [0.05, 0.1) is 22.7 Å². The van der Waals surface area contributed by atoms with Crippen molar-refractivity contribution in [2.75, 3.05) is 11.9 Å². The number of nitriles is 1. The maximum atomic E-state index is 11.7. The van der Waals surface area contributed by atoms with Gasteiger partial charge in [0.25, 0.3) is 0 Å². The van der Waals surface area contributed by atoms with Crippen LogP contribution in [-0.2, 0) is 4.79 Å². The number of anilines is 1. The largest absolute Gasteiger partial charge is 0.481 e. The van der Waals surface area contributed by atoms with E-state index < -0.39 is 17.4 Å². The van der Waals surface area contributed by atoms with Gasteiger partial charge in [-0.3, -0.25) is 4.79 Å². The lowest BCUT2D eigenvalue weighted by Crippen LogP contribution is -2.36. The summed E-state index contributed by atoms with van der Waals surface area (Å²) in [6.07, 6.45) is 1.17. The fourth-order valence-corrected chi connectivity index (χ4v) is 2.20. The lowest BCUT2D eigenvalue weighted by molar-refractivity contribution is -0.143. The Balaban J connectivity index is 1.92. The van der Waals surface area contributed by atoms with Crippen LogP contribution in [0.3, 0.4) is 0 Å². The van der Waals surface area contributed by atoms with E-state index in [4.69, 9.17) is 10.4 Å². The monoisotopic (exact) mass is 337 g/mol. The Morgan fingerprint density at radius 2 is 2.15 bits per heavy atom. The molecule has 1 aromatic carbocycles. The van der Waals surface area contributed by atoms with Crippen molar-refractivity contribution < 1.29 is 14.7 Å². The molecule has 1 aliphatic rings. The van der Waals surface area contributed by atoms with Crippen LogP contribution >= 0.6 is 15.9 Å². The predicted molar refractivity (Wildman–Crippen MR) is 75.2 cm³/mol. The zero-order valence-corrected chi connectivity index (χ0v) is 12.0. The third-order valence-electron chi connectivity index (χ3n) is 3.24. The number of halogens is 1. The number of urea groups is 1. The number of nitrogens with one attached hydrogen (secondary N) is 2. The van der Waals surface area contributed by atoms with Crippen LogP contribution in [0.15, 0.2) is 22.7 Å². The van der Waals surface area contributed by atoms with E-state index in [-0.39, 0.29) is 6.54 Å². The van der Waals surface area contributed by atoms with Crippen molar-refractivity contribution in [3.8, 4) is 6.07 Å². The van der Waals surface area contributed by atoms with Gasteiger partial charge in [-0.1, -0.05) is 0 Å². The predicted octanol–water partition coefficient (Wildman–Crippen LogP) is 2.31. The highest BCUT2D eigenvalue weighted by Gasteiger charge is 2.50. The van der Waals surface area contributed by atoms with Crippen LogP contribution in [0.25, 0.3) is 0 Å². The molecule has 0 radical (unpaired) electrons. The van der Waals surface area contributed by atoms with E-state index in [0.29, 0.717) is 28.6 Å². The Morgan fingerprint density at radius 3 is 2.65 bits per heavy atom. The van der Waals surface area contributed by atoms with Crippen LogP contribution in [0.5, 0.6) is 0 Å². The second-order valence-electron chi connectivity index (χ2n) is 4.70. The zero-order valence-electron chi connectivity index (χ0n) is 10.4. The van der Waals surface area contributed by atoms with E-state index in [0.717, 1.165) is 0 Å². The van der Waals surface area contributed by atoms with Crippen LogP contribution in [-0.4, -0.2) is 23.7 Å². The van der Waals surface area contributed by atoms with E-state index in [1.54, 1.807) is 18.2 Å². The number of amides is 2. The number of nitrogens with zero attached hydrogens (tertiary/aromatic N) is 1. The van der Waals surface area contributed by atoms with Crippen molar-refractivity contribution in [2.24, 2.45) is 5.41 Å². The van der Waals surface area contributed by atoms with Gasteiger partial charge in [-0.15, -0.1) is 0 Å². The third-order valence-corrected chi connectivity index (χ3v) is 3.90. The van der Waals surface area contributed by atoms with Crippen molar-refractivity contribution in [3.05, 3.63) is 28.2 Å². The number of carboxylic acid groups (broad SMARTS) is 1. The minimum atomic E-state index is -0.877. The summed E-state index contributed by atoms with van der Waals surface area (Å²) in [5.41, 5.74) is 0.200. The lowest BCUT2D eigenvalue weighted by Gasteiger charge is -2.12. The maximum absolute atomic E-state index is 11.7. The first-order chi connectivity index (χ1) is 9.47. The first-order valence-corrected chi connectivity index (χ1v) is 6.74. The second-order valence-corrected chi connectivity index (χ2v) is 5.55. The molecule has 0 unspecified atom stereocenters. The molecule has 0 bridgehead atoms. The van der Waals surface area contributed by atoms with Crippen LogP contribution in [0, 0.1) is 16.7 Å². The van der Waals surface area contributed by atoms with E-state index in [1.807, 2.05) is 6.07 Å². The van der Waals surface area contributed by atoms with Crippen LogP contribution < -0.4 is 10.6 Å². The molecule has 0 atom stereocenters. The number of hydrogen-bond donors (Lipinski definition) is 3. The molecular weight excluding hydrogens is 326 g/mol. The molecule has 3 N–H and O–H groups in total. The van der Waals surface area contributed by atoms with Gasteiger partial charge < -0.3 is 15.7 Å². The zero-order chi connectivity index (χ0) is 14.8. The number of carbonyl (C=O) groups excluding carboxylic acids is 1. The molecule has 0 aliphatic heterocycles. The van der Waals surface area contributed by atoms with Crippen LogP contribution in [0.4, 0.5) is 10.5 Å². The fourth-order valence-electron chi connectivity index (χ4n) is 1.72. The molecule has 1 fully saturated rings. The molecule has 0 spiro atoms. The summed E-state index contributed by atoms with van der Waals surface area (Å²) in [5, 5.41) is 22.9. The van der Waals surface area contributed by atoms with Crippen molar-refractivity contribution in [3.63, 3.8) is 0 Å². The molecule has 2 amide bonds. The lowest BCUT2D eigenvalue weighted by atomic mass is 10.1. The Hall–Kier alpha value is -2.07. The number of hydrogen-bond acceptors (Lipinski definition) is 3. The molecule has 6 nitrogen and oxygen atoms in total. The molecule has 0 saturated heterocycles. The Bertz CT molecular complexity index is 605. The smallest absolute Gasteiger partial charge is 0.319 e. The second kappa shape index (κ2) is 5.51. The van der Waals surface area contributed by atoms with Crippen molar-refractivity contribution in [2.45, 2.75) is 12.8 Å². The van der Waals surface area contributed by atoms with E-state index >= 15 is 0 Å². The molecule has 104 valence electrons. The van der Waals surface area contributed by atoms with Gasteiger partial charge in [-0.05, 0) is 47.0 Å². The summed E-state index contributed by atoms with van der Waals surface area (Å²) in [4.78, 5) is 22.7. The van der Waals surface area contributed by atoms with Crippen molar-refractivity contribution in [1.82, 2.24) is 5.32 Å². The molecule has 0 aromatic heterocycles. The number of aliphatic carboxylic acids is 1. The summed E-state index contributed by atoms with van der Waals surface area (Å²) >= 11 is 3.25. The average Bonchev–Trinajstić information content (AvgIpc) is 3.20. The molecule has 1 aromatic rings. The van der Waals surface area contributed by atoms with Gasteiger partial charge in [-0.2, -0.15) is 5.26 Å². The molecule has 7 heteroatoms. The highest BCUT2D eigenvalue weighted by atomic mass is 79.9. The van der Waals surface area contributed by atoms with E-state index in [9.17, 15) is 9.59 Å². The summed E-state index contributed by atoms with van der Waals surface area (Å²) in [6.45, 7) is 0.113. The highest BCUT2D eigenvalue weighted by Crippen LogP contribution is 2.45. The number of benzene rings is 1. The highest BCUT2D eigenvalue weighted by molar-refractivity contribution is 9.10. The quantitative estimate of drug-likeness (QED) is 0.784. The molecule has 2 rings (SSSR count). The number of carboxylic acids is 1. The average molecular weight is 338 g/mol. The topological polar surface area (TPSA) is 102 Å². The third kappa shape index (κ3) is 3.08. The molecule has 1 saturated carbocycles. The SMILES string of the molecule is N#Cc1ccc(NC(=O)NCC2(C(=O)O)CC2)c(Br)c1. The van der Waals surface area contributed by atoms with E-state index in [2.05, 4.69) is 26.6 Å². The van der Waals surface area contributed by atoms with Gasteiger partial charge >= 0.3 is 12.0 Å². The first-order valence-electron chi connectivity index (χ1n) is 5.95. The minimum Gasteiger partial charge on any atom is -0.481 e. The van der Waals surface area contributed by atoms with Crippen LogP contribution in [0.1, 0.15) is 18.4 Å². The minimum absolute atomic E-state index is 0.113. The first kappa shape index (κ1) is 14.3. The van der Waals surface area contributed by atoms with E-state index in [1.165, 1.54) is 0 Å². The Morgan fingerprint density at radius 1 is 1.45 bits per heavy atom. The summed E-state index contributed by atoms with van der Waals surface area (Å²) in [7, 11) is 0. The molecule has 1 aliphatic carbocycles. The Kier molecular flexibility index (Phi) is 3.95. The number of carbonyl (C=O) groups is 2. The standard InChI is InChI=1S/C13H12BrN3O3/c14-9-5-8(6-15)1-2-10(9)17-12(20)16-7-13(3-4-13)11(18)19/h1-2,5H,3-4,7H2,(H,18,19)(H2,16,17,20). The summed E-state index contributed by atoms with van der Waals surface area (Å²) in [5.74, 6) is -0.877. The normalized spacial score (nSPS) is 15.0. The molecule has 0 heterocycles. The Labute approximate surface area is 123 Å². The fraction of sp³-hybridized carbons (Fsp3) is 0.308.